The van der Waals surface area contributed by atoms with E-state index >= 15 is 0 Å². The molecule has 0 aliphatic rings. The maximum Gasteiger partial charge on any atom is 0.265 e. The van der Waals surface area contributed by atoms with Crippen LogP contribution in [0.15, 0.2) is 41.3 Å². The molecule has 0 spiro atoms. The molecule has 118 valence electrons. The van der Waals surface area contributed by atoms with Gasteiger partial charge < -0.3 is 9.47 Å². The largest absolute Gasteiger partial charge is 0.495 e. The van der Waals surface area contributed by atoms with Gasteiger partial charge in [0.05, 0.1) is 19.9 Å². The van der Waals surface area contributed by atoms with Crippen molar-refractivity contribution in [2.75, 3.05) is 18.9 Å². The molecule has 2 rings (SSSR count). The van der Waals surface area contributed by atoms with E-state index in [1.165, 1.54) is 20.3 Å². The highest BCUT2D eigenvalue weighted by atomic mass is 35.5. The third kappa shape index (κ3) is 3.28. The van der Waals surface area contributed by atoms with Crippen LogP contribution >= 0.6 is 11.6 Å². The fraction of sp³-hybridized carbons (Fsp3) is 0.200. The van der Waals surface area contributed by atoms with Gasteiger partial charge >= 0.3 is 0 Å². The summed E-state index contributed by atoms with van der Waals surface area (Å²) in [6.07, 6.45) is 0. The third-order valence-corrected chi connectivity index (χ3v) is 4.90. The van der Waals surface area contributed by atoms with Gasteiger partial charge in [0.1, 0.15) is 16.4 Å². The average molecular weight is 342 g/mol. The standard InChI is InChI=1S/C15H16ClNO4S/c1-10-8-12(14(21-3)9-11(10)16)17-22(18,19)15-7-5-4-6-13(15)20-2/h4-9,17H,1-3H3. The van der Waals surface area contributed by atoms with Gasteiger partial charge in [-0.05, 0) is 30.7 Å². The van der Waals surface area contributed by atoms with Crippen LogP contribution in [-0.2, 0) is 10.0 Å². The van der Waals surface area contributed by atoms with E-state index in [0.717, 1.165) is 5.56 Å². The molecule has 1 N–H and O–H groups in total. The zero-order valence-electron chi connectivity index (χ0n) is 12.4. The van der Waals surface area contributed by atoms with Crippen molar-refractivity contribution in [2.24, 2.45) is 0 Å². The average Bonchev–Trinajstić information content (AvgIpc) is 2.50. The molecule has 2 aromatic carbocycles. The Morgan fingerprint density at radius 2 is 1.68 bits per heavy atom. The molecule has 0 aromatic heterocycles. The van der Waals surface area contributed by atoms with E-state index in [-0.39, 0.29) is 10.6 Å². The highest BCUT2D eigenvalue weighted by molar-refractivity contribution is 7.92. The van der Waals surface area contributed by atoms with Gasteiger partial charge in [-0.25, -0.2) is 8.42 Å². The predicted octanol–water partition coefficient (Wildman–Crippen LogP) is 3.47. The first-order valence-electron chi connectivity index (χ1n) is 6.39. The molecule has 0 aliphatic heterocycles. The minimum atomic E-state index is -3.82. The Hall–Kier alpha value is -1.92. The number of benzene rings is 2. The van der Waals surface area contributed by atoms with Crippen molar-refractivity contribution in [2.45, 2.75) is 11.8 Å². The zero-order chi connectivity index (χ0) is 16.3. The number of ether oxygens (including phenoxy) is 2. The van der Waals surface area contributed by atoms with Gasteiger partial charge in [-0.1, -0.05) is 23.7 Å². The summed E-state index contributed by atoms with van der Waals surface area (Å²) in [7, 11) is -0.952. The van der Waals surface area contributed by atoms with E-state index < -0.39 is 10.0 Å². The van der Waals surface area contributed by atoms with E-state index in [0.29, 0.717) is 16.5 Å². The first kappa shape index (κ1) is 16.5. The molecule has 0 saturated carbocycles. The molecule has 0 amide bonds. The maximum absolute atomic E-state index is 12.6. The monoisotopic (exact) mass is 341 g/mol. The van der Waals surface area contributed by atoms with Crippen molar-refractivity contribution >= 4 is 27.3 Å². The number of methoxy groups -OCH3 is 2. The lowest BCUT2D eigenvalue weighted by atomic mass is 10.2. The minimum Gasteiger partial charge on any atom is -0.495 e. The highest BCUT2D eigenvalue weighted by Crippen LogP contribution is 2.33. The van der Waals surface area contributed by atoms with E-state index in [9.17, 15) is 8.42 Å². The van der Waals surface area contributed by atoms with Crippen LogP contribution in [0.2, 0.25) is 5.02 Å². The van der Waals surface area contributed by atoms with Crippen LogP contribution in [0.25, 0.3) is 0 Å². The van der Waals surface area contributed by atoms with Crippen LogP contribution in [0.5, 0.6) is 11.5 Å². The van der Waals surface area contributed by atoms with Gasteiger partial charge in [0.15, 0.2) is 0 Å². The molecule has 0 heterocycles. The summed E-state index contributed by atoms with van der Waals surface area (Å²) in [6.45, 7) is 1.78. The molecule has 0 saturated heterocycles. The fourth-order valence-corrected chi connectivity index (χ4v) is 3.34. The Kier molecular flexibility index (Phi) is 4.83. The molecule has 2 aromatic rings. The minimum absolute atomic E-state index is 0.0483. The van der Waals surface area contributed by atoms with Crippen LogP contribution in [-0.4, -0.2) is 22.6 Å². The van der Waals surface area contributed by atoms with Crippen molar-refractivity contribution in [1.82, 2.24) is 0 Å². The first-order valence-corrected chi connectivity index (χ1v) is 8.25. The lowest BCUT2D eigenvalue weighted by molar-refractivity contribution is 0.403. The molecule has 0 fully saturated rings. The molecular formula is C15H16ClNO4S. The van der Waals surface area contributed by atoms with Crippen molar-refractivity contribution in [3.8, 4) is 11.5 Å². The number of sulfonamides is 1. The normalized spacial score (nSPS) is 11.1. The summed E-state index contributed by atoms with van der Waals surface area (Å²) in [5.74, 6) is 0.605. The fourth-order valence-electron chi connectivity index (χ4n) is 1.95. The Labute approximate surface area is 134 Å². The smallest absolute Gasteiger partial charge is 0.265 e. The van der Waals surface area contributed by atoms with Crippen molar-refractivity contribution in [1.29, 1.82) is 0 Å². The summed E-state index contributed by atoms with van der Waals surface area (Å²) in [5.41, 5.74) is 1.05. The zero-order valence-corrected chi connectivity index (χ0v) is 14.0. The molecule has 22 heavy (non-hydrogen) atoms. The lowest BCUT2D eigenvalue weighted by Gasteiger charge is -2.15. The molecular weight excluding hydrogens is 326 g/mol. The number of para-hydroxylation sites is 1. The molecule has 5 nitrogen and oxygen atoms in total. The molecule has 7 heteroatoms. The quantitative estimate of drug-likeness (QED) is 0.904. The van der Waals surface area contributed by atoms with Crippen LogP contribution < -0.4 is 14.2 Å². The van der Waals surface area contributed by atoms with Gasteiger partial charge in [-0.3, -0.25) is 4.72 Å². The van der Waals surface area contributed by atoms with Gasteiger partial charge in [0.25, 0.3) is 10.0 Å². The summed E-state index contributed by atoms with van der Waals surface area (Å²) in [5, 5.41) is 0.497. The Morgan fingerprint density at radius 3 is 2.32 bits per heavy atom. The van der Waals surface area contributed by atoms with Crippen LogP contribution in [0.3, 0.4) is 0 Å². The second-order valence-corrected chi connectivity index (χ2v) is 6.62. The number of aryl methyl sites for hydroxylation is 1. The number of halogens is 1. The number of rotatable bonds is 5. The first-order chi connectivity index (χ1) is 10.4. The summed E-state index contributed by atoms with van der Waals surface area (Å²) in [6, 6.07) is 9.56. The topological polar surface area (TPSA) is 64.6 Å². The molecule has 0 unspecified atom stereocenters. The number of hydrogen-bond donors (Lipinski definition) is 1. The number of hydrogen-bond acceptors (Lipinski definition) is 4. The molecule has 0 bridgehead atoms. The summed E-state index contributed by atoms with van der Waals surface area (Å²) < 4.78 is 37.9. The van der Waals surface area contributed by atoms with E-state index in [1.807, 2.05) is 0 Å². The van der Waals surface area contributed by atoms with Crippen molar-refractivity contribution in [3.05, 3.63) is 47.0 Å². The number of anilines is 1. The van der Waals surface area contributed by atoms with Crippen LogP contribution in [0.4, 0.5) is 5.69 Å². The Morgan fingerprint density at radius 1 is 1.05 bits per heavy atom. The van der Waals surface area contributed by atoms with E-state index in [1.54, 1.807) is 37.3 Å². The van der Waals surface area contributed by atoms with Gasteiger partial charge in [0, 0.05) is 11.1 Å². The summed E-state index contributed by atoms with van der Waals surface area (Å²) in [4.78, 5) is 0.0483. The summed E-state index contributed by atoms with van der Waals surface area (Å²) >= 11 is 6.02. The lowest BCUT2D eigenvalue weighted by Crippen LogP contribution is -2.14. The maximum atomic E-state index is 12.6. The molecule has 0 radical (unpaired) electrons. The van der Waals surface area contributed by atoms with Crippen molar-refractivity contribution in [3.63, 3.8) is 0 Å². The molecule has 0 aliphatic carbocycles. The second-order valence-electron chi connectivity index (χ2n) is 4.56. The SMILES string of the molecule is COc1cc(Cl)c(C)cc1NS(=O)(=O)c1ccccc1OC. The Bertz CT molecular complexity index is 790. The van der Waals surface area contributed by atoms with E-state index in [4.69, 9.17) is 21.1 Å². The van der Waals surface area contributed by atoms with Gasteiger partial charge in [-0.2, -0.15) is 0 Å². The van der Waals surface area contributed by atoms with Crippen molar-refractivity contribution < 1.29 is 17.9 Å². The van der Waals surface area contributed by atoms with Gasteiger partial charge in [0.2, 0.25) is 0 Å². The van der Waals surface area contributed by atoms with E-state index in [2.05, 4.69) is 4.72 Å². The van der Waals surface area contributed by atoms with Crippen LogP contribution in [0.1, 0.15) is 5.56 Å². The Balaban J connectivity index is 2.47. The third-order valence-electron chi connectivity index (χ3n) is 3.08. The second kappa shape index (κ2) is 6.46. The highest BCUT2D eigenvalue weighted by Gasteiger charge is 2.21. The molecule has 0 atom stereocenters. The number of nitrogens with one attached hydrogen (secondary N) is 1. The van der Waals surface area contributed by atoms with Gasteiger partial charge in [-0.15, -0.1) is 0 Å². The predicted molar refractivity (Wildman–Crippen MR) is 86.5 cm³/mol. The van der Waals surface area contributed by atoms with Crippen LogP contribution in [0, 0.1) is 6.92 Å².